The van der Waals surface area contributed by atoms with Crippen molar-refractivity contribution in [3.63, 3.8) is 0 Å². The van der Waals surface area contributed by atoms with Gasteiger partial charge in [-0.2, -0.15) is 0 Å². The van der Waals surface area contributed by atoms with Crippen LogP contribution in [0.25, 0.3) is 10.8 Å². The first-order valence-electron chi connectivity index (χ1n) is 6.71. The molecule has 18 heavy (non-hydrogen) atoms. The molecule has 2 heteroatoms. The van der Waals surface area contributed by atoms with Crippen molar-refractivity contribution in [3.05, 3.63) is 48.0 Å². The molecule has 0 saturated carbocycles. The Morgan fingerprint density at radius 2 is 1.78 bits per heavy atom. The van der Waals surface area contributed by atoms with Crippen molar-refractivity contribution in [1.29, 1.82) is 0 Å². The molecule has 1 aliphatic heterocycles. The van der Waals surface area contributed by atoms with E-state index in [2.05, 4.69) is 29.6 Å². The second kappa shape index (κ2) is 4.71. The van der Waals surface area contributed by atoms with Crippen molar-refractivity contribution in [3.8, 4) is 0 Å². The highest BCUT2D eigenvalue weighted by molar-refractivity contribution is 5.86. The molecule has 2 N–H and O–H groups in total. The predicted molar refractivity (Wildman–Crippen MR) is 74.6 cm³/mol. The van der Waals surface area contributed by atoms with Crippen LogP contribution in [0.1, 0.15) is 24.8 Å². The first-order chi connectivity index (χ1) is 8.80. The van der Waals surface area contributed by atoms with Crippen LogP contribution in [0, 0.1) is 0 Å². The van der Waals surface area contributed by atoms with Crippen LogP contribution in [0.2, 0.25) is 0 Å². The van der Waals surface area contributed by atoms with Crippen LogP contribution in [0.4, 0.5) is 0 Å². The number of benzene rings is 2. The largest absolute Gasteiger partial charge is 0.385 e. The minimum Gasteiger partial charge on any atom is -0.385 e. The maximum atomic E-state index is 11.0. The van der Waals surface area contributed by atoms with Gasteiger partial charge in [0.2, 0.25) is 0 Å². The van der Waals surface area contributed by atoms with E-state index in [0.717, 1.165) is 37.9 Å². The highest BCUT2D eigenvalue weighted by Gasteiger charge is 2.31. The summed E-state index contributed by atoms with van der Waals surface area (Å²) < 4.78 is 0. The molecular weight excluding hydrogens is 222 g/mol. The zero-order valence-electron chi connectivity index (χ0n) is 10.5. The molecule has 1 atom stereocenters. The molecule has 1 fully saturated rings. The summed E-state index contributed by atoms with van der Waals surface area (Å²) in [7, 11) is 0. The molecule has 1 aliphatic rings. The summed E-state index contributed by atoms with van der Waals surface area (Å²) in [6.45, 7) is 1.90. The van der Waals surface area contributed by atoms with Crippen LogP contribution in [0.15, 0.2) is 42.5 Å². The number of aliphatic hydroxyl groups is 1. The van der Waals surface area contributed by atoms with Gasteiger partial charge in [0.25, 0.3) is 0 Å². The third kappa shape index (κ3) is 2.02. The van der Waals surface area contributed by atoms with E-state index in [9.17, 15) is 5.11 Å². The van der Waals surface area contributed by atoms with E-state index in [4.69, 9.17) is 0 Å². The van der Waals surface area contributed by atoms with Crippen LogP contribution >= 0.6 is 0 Å². The Labute approximate surface area is 108 Å². The van der Waals surface area contributed by atoms with E-state index < -0.39 is 5.60 Å². The van der Waals surface area contributed by atoms with Gasteiger partial charge in [0.05, 0.1) is 5.60 Å². The van der Waals surface area contributed by atoms with Crippen LogP contribution in [-0.4, -0.2) is 18.2 Å². The maximum Gasteiger partial charge on any atom is 0.0915 e. The zero-order valence-corrected chi connectivity index (χ0v) is 10.5. The summed E-state index contributed by atoms with van der Waals surface area (Å²) in [5.74, 6) is 0. The van der Waals surface area contributed by atoms with Crippen molar-refractivity contribution in [1.82, 2.24) is 5.32 Å². The Balaban J connectivity index is 2.12. The van der Waals surface area contributed by atoms with Gasteiger partial charge in [0.15, 0.2) is 0 Å². The smallest absolute Gasteiger partial charge is 0.0915 e. The van der Waals surface area contributed by atoms with Crippen LogP contribution in [0.5, 0.6) is 0 Å². The van der Waals surface area contributed by atoms with Gasteiger partial charge in [0, 0.05) is 0 Å². The molecule has 3 rings (SSSR count). The highest BCUT2D eigenvalue weighted by atomic mass is 16.3. The van der Waals surface area contributed by atoms with Crippen molar-refractivity contribution in [2.24, 2.45) is 0 Å². The number of hydrogen-bond donors (Lipinski definition) is 2. The average molecular weight is 241 g/mol. The van der Waals surface area contributed by atoms with Gasteiger partial charge >= 0.3 is 0 Å². The fraction of sp³-hybridized carbons (Fsp3) is 0.375. The topological polar surface area (TPSA) is 32.3 Å². The number of nitrogens with one attached hydrogen (secondary N) is 1. The normalized spacial score (nSPS) is 24.9. The number of hydrogen-bond acceptors (Lipinski definition) is 2. The highest BCUT2D eigenvalue weighted by Crippen LogP contribution is 2.35. The Hall–Kier alpha value is -1.38. The first kappa shape index (κ1) is 11.7. The molecule has 94 valence electrons. The standard InChI is InChI=1S/C16H19NO/c18-16(9-4-11-17-12-10-16)15-8-3-6-13-5-1-2-7-14(13)15/h1-3,5-8,17-18H,4,9-12H2. The lowest BCUT2D eigenvalue weighted by molar-refractivity contribution is 0.0255. The van der Waals surface area contributed by atoms with Gasteiger partial charge in [-0.15, -0.1) is 0 Å². The molecule has 1 heterocycles. The van der Waals surface area contributed by atoms with Crippen molar-refractivity contribution in [2.75, 3.05) is 13.1 Å². The van der Waals surface area contributed by atoms with Gasteiger partial charge in [-0.3, -0.25) is 0 Å². The Morgan fingerprint density at radius 3 is 2.72 bits per heavy atom. The molecular formula is C16H19NO. The minimum absolute atomic E-state index is 0.676. The Morgan fingerprint density at radius 1 is 0.944 bits per heavy atom. The van der Waals surface area contributed by atoms with Gasteiger partial charge in [-0.1, -0.05) is 42.5 Å². The summed E-state index contributed by atoms with van der Waals surface area (Å²) in [5.41, 5.74) is 0.411. The van der Waals surface area contributed by atoms with E-state index in [1.807, 2.05) is 18.2 Å². The molecule has 0 spiro atoms. The number of fused-ring (bicyclic) bond motifs is 1. The zero-order chi connectivity index (χ0) is 12.4. The van der Waals surface area contributed by atoms with E-state index in [-0.39, 0.29) is 0 Å². The summed E-state index contributed by atoms with van der Waals surface area (Å²) in [4.78, 5) is 0. The van der Waals surface area contributed by atoms with Crippen LogP contribution in [0.3, 0.4) is 0 Å². The minimum atomic E-state index is -0.676. The maximum absolute atomic E-state index is 11.0. The van der Waals surface area contributed by atoms with Crippen LogP contribution < -0.4 is 5.32 Å². The molecule has 2 aromatic carbocycles. The molecule has 2 nitrogen and oxygen atoms in total. The molecule has 1 saturated heterocycles. The molecule has 0 aromatic heterocycles. The third-order valence-electron chi connectivity index (χ3n) is 3.95. The molecule has 1 unspecified atom stereocenters. The quantitative estimate of drug-likeness (QED) is 0.804. The van der Waals surface area contributed by atoms with Crippen LogP contribution in [-0.2, 0) is 5.60 Å². The Bertz CT molecular complexity index is 536. The lowest BCUT2D eigenvalue weighted by atomic mass is 9.84. The summed E-state index contributed by atoms with van der Waals surface area (Å²) in [6.07, 6.45) is 2.66. The summed E-state index contributed by atoms with van der Waals surface area (Å²) >= 11 is 0. The van der Waals surface area contributed by atoms with Crippen molar-refractivity contribution >= 4 is 10.8 Å². The van der Waals surface area contributed by atoms with E-state index >= 15 is 0 Å². The van der Waals surface area contributed by atoms with Gasteiger partial charge in [-0.25, -0.2) is 0 Å². The molecule has 2 aromatic rings. The summed E-state index contributed by atoms with van der Waals surface area (Å²) in [5, 5.41) is 16.7. The molecule has 0 radical (unpaired) electrons. The number of rotatable bonds is 1. The molecule has 0 bridgehead atoms. The lowest BCUT2D eigenvalue weighted by Crippen LogP contribution is -2.27. The SMILES string of the molecule is OC1(c2cccc3ccccc23)CCCNCC1. The van der Waals surface area contributed by atoms with E-state index in [0.29, 0.717) is 0 Å². The molecule has 0 amide bonds. The fourth-order valence-corrected chi connectivity index (χ4v) is 2.95. The lowest BCUT2D eigenvalue weighted by Gasteiger charge is -2.28. The van der Waals surface area contributed by atoms with E-state index in [1.54, 1.807) is 0 Å². The van der Waals surface area contributed by atoms with Gasteiger partial charge < -0.3 is 10.4 Å². The molecule has 0 aliphatic carbocycles. The fourth-order valence-electron chi connectivity index (χ4n) is 2.95. The monoisotopic (exact) mass is 241 g/mol. The second-order valence-electron chi connectivity index (χ2n) is 5.16. The third-order valence-corrected chi connectivity index (χ3v) is 3.95. The van der Waals surface area contributed by atoms with Gasteiger partial charge in [-0.05, 0) is 48.7 Å². The van der Waals surface area contributed by atoms with Crippen molar-refractivity contribution < 1.29 is 5.11 Å². The van der Waals surface area contributed by atoms with E-state index in [1.165, 1.54) is 10.8 Å². The summed E-state index contributed by atoms with van der Waals surface area (Å²) in [6, 6.07) is 14.5. The second-order valence-corrected chi connectivity index (χ2v) is 5.16. The van der Waals surface area contributed by atoms with Gasteiger partial charge in [0.1, 0.15) is 0 Å². The average Bonchev–Trinajstić information content (AvgIpc) is 2.64. The predicted octanol–water partition coefficient (Wildman–Crippen LogP) is 2.80. The first-order valence-corrected chi connectivity index (χ1v) is 6.71. The Kier molecular flexibility index (Phi) is 3.06. The van der Waals surface area contributed by atoms with Crippen molar-refractivity contribution in [2.45, 2.75) is 24.9 Å².